The Hall–Kier alpha value is -1.44. The summed E-state index contributed by atoms with van der Waals surface area (Å²) in [6, 6.07) is 7.75. The molecule has 1 aromatic rings. The van der Waals surface area contributed by atoms with Crippen LogP contribution in [-0.4, -0.2) is 11.6 Å². The van der Waals surface area contributed by atoms with E-state index in [1.807, 2.05) is 24.3 Å². The first kappa shape index (κ1) is 13.6. The van der Waals surface area contributed by atoms with Gasteiger partial charge in [0.1, 0.15) is 17.5 Å². The molecule has 0 fully saturated rings. The van der Waals surface area contributed by atoms with Crippen LogP contribution in [0.25, 0.3) is 0 Å². The lowest BCUT2D eigenvalue weighted by atomic mass is 9.84. The number of ketones is 2. The minimum atomic E-state index is -0.607. The van der Waals surface area contributed by atoms with Crippen LogP contribution >= 0.6 is 0 Å². The van der Waals surface area contributed by atoms with Gasteiger partial charge in [-0.3, -0.25) is 9.59 Å². The van der Waals surface area contributed by atoms with Crippen LogP contribution in [0, 0.1) is 0 Å². The Morgan fingerprint density at radius 2 is 1.35 bits per heavy atom. The fourth-order valence-electron chi connectivity index (χ4n) is 1.93. The van der Waals surface area contributed by atoms with Crippen LogP contribution in [0.2, 0.25) is 0 Å². The van der Waals surface area contributed by atoms with Crippen LogP contribution in [0.5, 0.6) is 0 Å². The molecule has 0 saturated heterocycles. The highest BCUT2D eigenvalue weighted by Gasteiger charge is 2.22. The topological polar surface area (TPSA) is 34.1 Å². The van der Waals surface area contributed by atoms with E-state index in [9.17, 15) is 9.59 Å². The van der Waals surface area contributed by atoms with Crippen molar-refractivity contribution in [1.82, 2.24) is 0 Å². The van der Waals surface area contributed by atoms with Gasteiger partial charge in [-0.1, -0.05) is 45.0 Å². The average Bonchev–Trinajstić information content (AvgIpc) is 2.15. The molecule has 0 aliphatic rings. The van der Waals surface area contributed by atoms with Crippen LogP contribution in [-0.2, 0) is 15.0 Å². The molecule has 1 aromatic carbocycles. The van der Waals surface area contributed by atoms with Gasteiger partial charge in [0.25, 0.3) is 0 Å². The van der Waals surface area contributed by atoms with Crippen molar-refractivity contribution in [2.75, 3.05) is 0 Å². The predicted molar refractivity (Wildman–Crippen MR) is 69.2 cm³/mol. The van der Waals surface area contributed by atoms with Crippen molar-refractivity contribution < 1.29 is 9.59 Å². The zero-order chi connectivity index (χ0) is 13.2. The van der Waals surface area contributed by atoms with Crippen LogP contribution < -0.4 is 0 Å². The van der Waals surface area contributed by atoms with E-state index in [-0.39, 0.29) is 17.0 Å². The highest BCUT2D eigenvalue weighted by atomic mass is 16.1. The zero-order valence-electron chi connectivity index (χ0n) is 11.2. The monoisotopic (exact) mass is 232 g/mol. The van der Waals surface area contributed by atoms with Gasteiger partial charge in [0.15, 0.2) is 0 Å². The van der Waals surface area contributed by atoms with Gasteiger partial charge in [-0.05, 0) is 30.4 Å². The third kappa shape index (κ3) is 3.26. The van der Waals surface area contributed by atoms with E-state index in [1.54, 1.807) is 0 Å². The number of hydrogen-bond acceptors (Lipinski definition) is 2. The van der Waals surface area contributed by atoms with E-state index in [1.165, 1.54) is 19.4 Å². The normalized spacial score (nSPS) is 11.6. The van der Waals surface area contributed by atoms with Crippen molar-refractivity contribution >= 4 is 11.6 Å². The molecule has 0 aliphatic carbocycles. The maximum Gasteiger partial charge on any atom is 0.144 e. The summed E-state index contributed by atoms with van der Waals surface area (Å²) in [5.74, 6) is -0.800. The number of carbonyl (C=O) groups excluding carboxylic acids is 2. The van der Waals surface area contributed by atoms with Gasteiger partial charge in [-0.15, -0.1) is 0 Å². The van der Waals surface area contributed by atoms with Crippen molar-refractivity contribution in [1.29, 1.82) is 0 Å². The summed E-state index contributed by atoms with van der Waals surface area (Å²) in [7, 11) is 0. The number of rotatable bonds is 3. The smallest absolute Gasteiger partial charge is 0.144 e. The standard InChI is InChI=1S/C15H20O2/c1-10(16)14(11(2)17)12-6-8-13(9-7-12)15(3,4)5/h6-9,14H,1-5H3. The van der Waals surface area contributed by atoms with Crippen molar-refractivity contribution in [2.24, 2.45) is 0 Å². The lowest BCUT2D eigenvalue weighted by Gasteiger charge is -2.20. The van der Waals surface area contributed by atoms with E-state index in [0.29, 0.717) is 0 Å². The lowest BCUT2D eigenvalue weighted by Crippen LogP contribution is -2.17. The lowest BCUT2D eigenvalue weighted by molar-refractivity contribution is -0.126. The molecule has 0 saturated carbocycles. The van der Waals surface area contributed by atoms with Crippen LogP contribution in [0.4, 0.5) is 0 Å². The van der Waals surface area contributed by atoms with Gasteiger partial charge in [-0.2, -0.15) is 0 Å². The first-order valence-electron chi connectivity index (χ1n) is 5.85. The van der Waals surface area contributed by atoms with Crippen molar-refractivity contribution in [3.05, 3.63) is 35.4 Å². The molecular formula is C15H20O2. The molecule has 0 spiro atoms. The van der Waals surface area contributed by atoms with E-state index in [4.69, 9.17) is 0 Å². The molecule has 0 N–H and O–H groups in total. The molecule has 0 amide bonds. The minimum Gasteiger partial charge on any atom is -0.299 e. The van der Waals surface area contributed by atoms with Crippen LogP contribution in [0.1, 0.15) is 51.7 Å². The summed E-state index contributed by atoms with van der Waals surface area (Å²) in [5.41, 5.74) is 2.07. The van der Waals surface area contributed by atoms with Gasteiger partial charge < -0.3 is 0 Å². The summed E-state index contributed by atoms with van der Waals surface area (Å²) in [6.45, 7) is 9.33. The van der Waals surface area contributed by atoms with E-state index in [0.717, 1.165) is 5.56 Å². The van der Waals surface area contributed by atoms with E-state index >= 15 is 0 Å². The summed E-state index contributed by atoms with van der Waals surface area (Å²) < 4.78 is 0. The second-order valence-corrected chi connectivity index (χ2v) is 5.53. The Balaban J connectivity index is 3.09. The second kappa shape index (κ2) is 4.82. The quantitative estimate of drug-likeness (QED) is 0.750. The third-order valence-electron chi connectivity index (χ3n) is 2.92. The third-order valence-corrected chi connectivity index (χ3v) is 2.92. The number of hydrogen-bond donors (Lipinski definition) is 0. The Labute approximate surface area is 103 Å². The molecule has 0 unspecified atom stereocenters. The second-order valence-electron chi connectivity index (χ2n) is 5.53. The molecule has 17 heavy (non-hydrogen) atoms. The molecule has 2 nitrogen and oxygen atoms in total. The van der Waals surface area contributed by atoms with Crippen molar-refractivity contribution in [3.8, 4) is 0 Å². The minimum absolute atomic E-state index is 0.0838. The van der Waals surface area contributed by atoms with Gasteiger partial charge in [0.05, 0.1) is 0 Å². The summed E-state index contributed by atoms with van der Waals surface area (Å²) in [4.78, 5) is 22.9. The Morgan fingerprint density at radius 3 is 1.65 bits per heavy atom. The Morgan fingerprint density at radius 1 is 0.941 bits per heavy atom. The largest absolute Gasteiger partial charge is 0.299 e. The SMILES string of the molecule is CC(=O)C(C(C)=O)c1ccc(C(C)(C)C)cc1. The Bertz CT molecular complexity index is 407. The van der Waals surface area contributed by atoms with Crippen LogP contribution in [0.15, 0.2) is 24.3 Å². The molecule has 0 heterocycles. The van der Waals surface area contributed by atoms with Crippen molar-refractivity contribution in [3.63, 3.8) is 0 Å². The zero-order valence-corrected chi connectivity index (χ0v) is 11.2. The fraction of sp³-hybridized carbons (Fsp3) is 0.467. The van der Waals surface area contributed by atoms with Crippen LogP contribution in [0.3, 0.4) is 0 Å². The summed E-state index contributed by atoms with van der Waals surface area (Å²) >= 11 is 0. The molecule has 0 atom stereocenters. The molecule has 0 radical (unpaired) electrons. The first-order chi connectivity index (χ1) is 7.73. The maximum atomic E-state index is 11.4. The average molecular weight is 232 g/mol. The van der Waals surface area contributed by atoms with Gasteiger partial charge in [-0.25, -0.2) is 0 Å². The van der Waals surface area contributed by atoms with Crippen molar-refractivity contribution in [2.45, 2.75) is 46.0 Å². The summed E-state index contributed by atoms with van der Waals surface area (Å²) in [6.07, 6.45) is 0. The van der Waals surface area contributed by atoms with Gasteiger partial charge in [0, 0.05) is 0 Å². The van der Waals surface area contributed by atoms with E-state index in [2.05, 4.69) is 20.8 Å². The highest BCUT2D eigenvalue weighted by Crippen LogP contribution is 2.25. The Kier molecular flexibility index (Phi) is 3.87. The van der Waals surface area contributed by atoms with Gasteiger partial charge >= 0.3 is 0 Å². The number of carbonyl (C=O) groups is 2. The van der Waals surface area contributed by atoms with E-state index < -0.39 is 5.92 Å². The number of benzene rings is 1. The molecular weight excluding hydrogens is 212 g/mol. The first-order valence-corrected chi connectivity index (χ1v) is 5.85. The molecule has 0 aliphatic heterocycles. The molecule has 2 heteroatoms. The fourth-order valence-corrected chi connectivity index (χ4v) is 1.93. The van der Waals surface area contributed by atoms with Gasteiger partial charge in [0.2, 0.25) is 0 Å². The predicted octanol–water partition coefficient (Wildman–Crippen LogP) is 3.25. The molecule has 92 valence electrons. The summed E-state index contributed by atoms with van der Waals surface area (Å²) in [5, 5.41) is 0. The molecule has 0 bridgehead atoms. The highest BCUT2D eigenvalue weighted by molar-refractivity contribution is 6.05. The number of Topliss-reactive ketones (excluding diaryl/α,β-unsaturated/α-hetero) is 2. The molecule has 1 rings (SSSR count). The molecule has 0 aromatic heterocycles. The maximum absolute atomic E-state index is 11.4.